The van der Waals surface area contributed by atoms with Crippen LogP contribution in [-0.4, -0.2) is 19.7 Å². The van der Waals surface area contributed by atoms with Crippen LogP contribution in [-0.2, 0) is 0 Å². The summed E-state index contributed by atoms with van der Waals surface area (Å²) < 4.78 is 2.00. The number of rotatable bonds is 4. The van der Waals surface area contributed by atoms with E-state index in [1.54, 1.807) is 12.4 Å². The van der Waals surface area contributed by atoms with E-state index in [1.807, 2.05) is 23.0 Å². The Bertz CT molecular complexity index is 626. The minimum atomic E-state index is 0.0936. The normalized spacial score (nSPS) is 12.7. The highest BCUT2D eigenvalue weighted by molar-refractivity contribution is 5.78. The van der Waals surface area contributed by atoms with Crippen molar-refractivity contribution >= 4 is 16.9 Å². The summed E-state index contributed by atoms with van der Waals surface area (Å²) >= 11 is 0. The van der Waals surface area contributed by atoms with Crippen molar-refractivity contribution in [2.45, 2.75) is 19.5 Å². The van der Waals surface area contributed by atoms with Gasteiger partial charge in [0, 0.05) is 17.8 Å². The lowest BCUT2D eigenvalue weighted by Crippen LogP contribution is -2.19. The molecular formula is C13H15N5. The van der Waals surface area contributed by atoms with Gasteiger partial charge < -0.3 is 10.3 Å². The Labute approximate surface area is 105 Å². The molecule has 0 amide bonds. The molecule has 0 spiro atoms. The molecule has 2 aromatic heterocycles. The number of nitrogens with zero attached hydrogens (tertiary/aromatic N) is 3. The van der Waals surface area contributed by atoms with Gasteiger partial charge in [-0.25, -0.2) is 9.67 Å². The monoisotopic (exact) mass is 241 g/mol. The highest BCUT2D eigenvalue weighted by Gasteiger charge is 2.12. The number of aromatic amines is 1. The van der Waals surface area contributed by atoms with Crippen molar-refractivity contribution in [1.29, 1.82) is 0 Å². The van der Waals surface area contributed by atoms with E-state index in [2.05, 4.69) is 39.4 Å². The lowest BCUT2D eigenvalue weighted by atomic mass is 10.2. The lowest BCUT2D eigenvalue weighted by Gasteiger charge is -2.17. The summed E-state index contributed by atoms with van der Waals surface area (Å²) in [6.07, 6.45) is 6.44. The van der Waals surface area contributed by atoms with Gasteiger partial charge in [0.2, 0.25) is 5.95 Å². The Balaban J connectivity index is 1.96. The van der Waals surface area contributed by atoms with Crippen molar-refractivity contribution < 1.29 is 0 Å². The molecule has 1 atom stereocenters. The Kier molecular flexibility index (Phi) is 2.72. The maximum atomic E-state index is 4.46. The van der Waals surface area contributed by atoms with Crippen LogP contribution < -0.4 is 5.32 Å². The second kappa shape index (κ2) is 4.52. The average Bonchev–Trinajstić information content (AvgIpc) is 3.05. The number of nitrogens with one attached hydrogen (secondary N) is 2. The SMILES string of the molecule is CCC(Nc1ncc[nH]1)n1ncc2ccccc21. The molecule has 0 saturated carbocycles. The first-order valence-corrected chi connectivity index (χ1v) is 6.06. The zero-order valence-corrected chi connectivity index (χ0v) is 10.2. The molecule has 5 heteroatoms. The van der Waals surface area contributed by atoms with Gasteiger partial charge in [-0.2, -0.15) is 5.10 Å². The van der Waals surface area contributed by atoms with Gasteiger partial charge in [0.15, 0.2) is 0 Å². The molecule has 0 saturated heterocycles. The molecule has 0 aliphatic heterocycles. The van der Waals surface area contributed by atoms with Crippen molar-refractivity contribution in [1.82, 2.24) is 19.7 Å². The number of benzene rings is 1. The summed E-state index contributed by atoms with van der Waals surface area (Å²) in [7, 11) is 0. The van der Waals surface area contributed by atoms with E-state index in [4.69, 9.17) is 0 Å². The van der Waals surface area contributed by atoms with E-state index in [0.29, 0.717) is 0 Å². The van der Waals surface area contributed by atoms with Gasteiger partial charge in [0.1, 0.15) is 6.17 Å². The van der Waals surface area contributed by atoms with Crippen molar-refractivity contribution in [3.05, 3.63) is 42.9 Å². The summed E-state index contributed by atoms with van der Waals surface area (Å²) in [4.78, 5) is 7.23. The number of para-hydroxylation sites is 1. The lowest BCUT2D eigenvalue weighted by molar-refractivity contribution is 0.503. The fraction of sp³-hybridized carbons (Fsp3) is 0.231. The Morgan fingerprint density at radius 3 is 3.06 bits per heavy atom. The molecule has 0 fully saturated rings. The van der Waals surface area contributed by atoms with Crippen molar-refractivity contribution in [2.24, 2.45) is 0 Å². The van der Waals surface area contributed by atoms with Gasteiger partial charge in [0.05, 0.1) is 11.7 Å². The quantitative estimate of drug-likeness (QED) is 0.738. The fourth-order valence-corrected chi connectivity index (χ4v) is 2.08. The standard InChI is InChI=1S/C13H15N5/c1-2-12(17-13-14-7-8-15-13)18-11-6-4-3-5-10(11)9-16-18/h3-9,12H,2H2,1H3,(H2,14,15,17). The van der Waals surface area contributed by atoms with E-state index in [1.165, 1.54) is 0 Å². The smallest absolute Gasteiger partial charge is 0.201 e. The van der Waals surface area contributed by atoms with Gasteiger partial charge in [-0.3, -0.25) is 0 Å². The van der Waals surface area contributed by atoms with Crippen LogP contribution in [0.3, 0.4) is 0 Å². The topological polar surface area (TPSA) is 58.5 Å². The minimum absolute atomic E-state index is 0.0936. The summed E-state index contributed by atoms with van der Waals surface area (Å²) in [5, 5.41) is 8.95. The molecule has 5 nitrogen and oxygen atoms in total. The van der Waals surface area contributed by atoms with E-state index in [-0.39, 0.29) is 6.17 Å². The van der Waals surface area contributed by atoms with Crippen molar-refractivity contribution in [3.8, 4) is 0 Å². The van der Waals surface area contributed by atoms with E-state index in [0.717, 1.165) is 23.3 Å². The highest BCUT2D eigenvalue weighted by Crippen LogP contribution is 2.20. The van der Waals surface area contributed by atoms with Crippen LogP contribution in [0.1, 0.15) is 19.5 Å². The van der Waals surface area contributed by atoms with Gasteiger partial charge in [0.25, 0.3) is 0 Å². The fourth-order valence-electron chi connectivity index (χ4n) is 2.08. The van der Waals surface area contributed by atoms with Crippen LogP contribution >= 0.6 is 0 Å². The number of aromatic nitrogens is 4. The van der Waals surface area contributed by atoms with Gasteiger partial charge in [-0.05, 0) is 12.5 Å². The Morgan fingerprint density at radius 2 is 2.28 bits per heavy atom. The van der Waals surface area contributed by atoms with Gasteiger partial charge in [-0.1, -0.05) is 25.1 Å². The molecular weight excluding hydrogens is 226 g/mol. The van der Waals surface area contributed by atoms with E-state index in [9.17, 15) is 0 Å². The molecule has 0 aliphatic carbocycles. The molecule has 0 bridgehead atoms. The van der Waals surface area contributed by atoms with Crippen LogP contribution in [0, 0.1) is 0 Å². The second-order valence-corrected chi connectivity index (χ2v) is 4.15. The van der Waals surface area contributed by atoms with Crippen LogP contribution in [0.4, 0.5) is 5.95 Å². The van der Waals surface area contributed by atoms with Crippen molar-refractivity contribution in [2.75, 3.05) is 5.32 Å². The summed E-state index contributed by atoms with van der Waals surface area (Å²) in [6, 6.07) is 8.20. The highest BCUT2D eigenvalue weighted by atomic mass is 15.4. The molecule has 0 radical (unpaired) electrons. The zero-order valence-electron chi connectivity index (χ0n) is 10.2. The zero-order chi connectivity index (χ0) is 12.4. The van der Waals surface area contributed by atoms with Crippen LogP contribution in [0.25, 0.3) is 10.9 Å². The first-order chi connectivity index (χ1) is 8.88. The molecule has 2 N–H and O–H groups in total. The molecule has 92 valence electrons. The first-order valence-electron chi connectivity index (χ1n) is 6.06. The van der Waals surface area contributed by atoms with Crippen LogP contribution in [0.2, 0.25) is 0 Å². The van der Waals surface area contributed by atoms with Crippen molar-refractivity contribution in [3.63, 3.8) is 0 Å². The first kappa shape index (κ1) is 10.8. The Morgan fingerprint density at radius 1 is 1.39 bits per heavy atom. The molecule has 1 unspecified atom stereocenters. The summed E-state index contributed by atoms with van der Waals surface area (Å²) in [6.45, 7) is 2.12. The molecule has 3 aromatic rings. The Hall–Kier alpha value is -2.30. The molecule has 2 heterocycles. The molecule has 3 rings (SSSR count). The molecule has 1 aromatic carbocycles. The minimum Gasteiger partial charge on any atom is -0.334 e. The summed E-state index contributed by atoms with van der Waals surface area (Å²) in [5.41, 5.74) is 1.13. The summed E-state index contributed by atoms with van der Waals surface area (Å²) in [5.74, 6) is 0.765. The third-order valence-electron chi connectivity index (χ3n) is 2.99. The van der Waals surface area contributed by atoms with Crippen LogP contribution in [0.5, 0.6) is 0 Å². The molecule has 18 heavy (non-hydrogen) atoms. The number of hydrogen-bond acceptors (Lipinski definition) is 3. The maximum Gasteiger partial charge on any atom is 0.201 e. The number of anilines is 1. The predicted molar refractivity (Wildman–Crippen MR) is 71.3 cm³/mol. The second-order valence-electron chi connectivity index (χ2n) is 4.15. The van der Waals surface area contributed by atoms with E-state index < -0.39 is 0 Å². The largest absolute Gasteiger partial charge is 0.334 e. The third-order valence-corrected chi connectivity index (χ3v) is 2.99. The molecule has 0 aliphatic rings. The van der Waals surface area contributed by atoms with E-state index >= 15 is 0 Å². The van der Waals surface area contributed by atoms with Gasteiger partial charge in [-0.15, -0.1) is 0 Å². The predicted octanol–water partition coefficient (Wildman–Crippen LogP) is 2.78. The average molecular weight is 241 g/mol. The number of hydrogen-bond donors (Lipinski definition) is 2. The number of H-pyrrole nitrogens is 1. The maximum absolute atomic E-state index is 4.46. The number of fused-ring (bicyclic) bond motifs is 1. The third kappa shape index (κ3) is 1.84. The van der Waals surface area contributed by atoms with Crippen LogP contribution in [0.15, 0.2) is 42.9 Å². The number of imidazole rings is 1. The van der Waals surface area contributed by atoms with Gasteiger partial charge >= 0.3 is 0 Å².